The van der Waals surface area contributed by atoms with Crippen LogP contribution in [-0.4, -0.2) is 36.3 Å². The Morgan fingerprint density at radius 1 is 1.56 bits per heavy atom. The first-order valence-corrected chi connectivity index (χ1v) is 6.74. The summed E-state index contributed by atoms with van der Waals surface area (Å²) in [6.45, 7) is 2.52. The normalized spacial score (nSPS) is 19.0. The largest absolute Gasteiger partial charge is 0.398 e. The molecule has 1 fully saturated rings. The fraction of sp³-hybridized carbons (Fsp3) is 0.500. The van der Waals surface area contributed by atoms with Crippen molar-refractivity contribution in [1.82, 2.24) is 10.2 Å². The van der Waals surface area contributed by atoms with E-state index in [2.05, 4.69) is 5.32 Å². The lowest BCUT2D eigenvalue weighted by Crippen LogP contribution is -2.44. The Bertz CT molecular complexity index is 464. The highest BCUT2D eigenvalue weighted by Crippen LogP contribution is 2.27. The zero-order valence-electron chi connectivity index (χ0n) is 10.5. The van der Waals surface area contributed by atoms with Crippen molar-refractivity contribution >= 4 is 28.8 Å². The van der Waals surface area contributed by atoms with E-state index in [4.69, 9.17) is 5.73 Å². The van der Waals surface area contributed by atoms with Gasteiger partial charge < -0.3 is 16.0 Å². The molecule has 6 heteroatoms. The van der Waals surface area contributed by atoms with Crippen LogP contribution in [0.4, 0.5) is 5.69 Å². The van der Waals surface area contributed by atoms with Gasteiger partial charge in [-0.15, -0.1) is 11.3 Å². The van der Waals surface area contributed by atoms with Crippen LogP contribution in [0.25, 0.3) is 0 Å². The SMILES string of the molecule is CNC(=O)C1CCCN1C(=O)c1cc(N)c(C)s1. The number of thiophene rings is 1. The number of hydrogen-bond acceptors (Lipinski definition) is 4. The number of carbonyl (C=O) groups excluding carboxylic acids is 2. The number of likely N-dealkylation sites (N-methyl/N-ethyl adjacent to an activating group) is 1. The van der Waals surface area contributed by atoms with Crippen molar-refractivity contribution in [1.29, 1.82) is 0 Å². The molecule has 3 N–H and O–H groups in total. The second-order valence-electron chi connectivity index (χ2n) is 4.39. The Morgan fingerprint density at radius 3 is 2.83 bits per heavy atom. The van der Waals surface area contributed by atoms with Gasteiger partial charge in [0, 0.05) is 24.2 Å². The van der Waals surface area contributed by atoms with E-state index in [0.717, 1.165) is 17.7 Å². The molecular weight excluding hydrogens is 250 g/mol. The number of nitrogens with zero attached hydrogens (tertiary/aromatic N) is 1. The van der Waals surface area contributed by atoms with Crippen LogP contribution in [0.15, 0.2) is 6.07 Å². The van der Waals surface area contributed by atoms with Crippen molar-refractivity contribution in [2.24, 2.45) is 0 Å². The van der Waals surface area contributed by atoms with Crippen LogP contribution in [0, 0.1) is 6.92 Å². The van der Waals surface area contributed by atoms with E-state index in [-0.39, 0.29) is 17.9 Å². The molecule has 1 aromatic heterocycles. The summed E-state index contributed by atoms with van der Waals surface area (Å²) in [5, 5.41) is 2.61. The molecule has 2 rings (SSSR count). The van der Waals surface area contributed by atoms with Crippen molar-refractivity contribution in [2.45, 2.75) is 25.8 Å². The second-order valence-corrected chi connectivity index (χ2v) is 5.65. The minimum atomic E-state index is -0.342. The molecule has 5 nitrogen and oxygen atoms in total. The number of hydrogen-bond donors (Lipinski definition) is 2. The van der Waals surface area contributed by atoms with Crippen LogP contribution in [0.5, 0.6) is 0 Å². The number of aryl methyl sites for hydroxylation is 1. The smallest absolute Gasteiger partial charge is 0.264 e. The Balaban J connectivity index is 2.20. The molecular formula is C12H17N3O2S. The number of anilines is 1. The summed E-state index contributed by atoms with van der Waals surface area (Å²) >= 11 is 1.38. The first-order chi connectivity index (χ1) is 8.54. The summed E-state index contributed by atoms with van der Waals surface area (Å²) in [7, 11) is 1.59. The summed E-state index contributed by atoms with van der Waals surface area (Å²) in [4.78, 5) is 27.2. The van der Waals surface area contributed by atoms with Crippen LogP contribution in [0.1, 0.15) is 27.4 Å². The summed E-state index contributed by atoms with van der Waals surface area (Å²) in [5.74, 6) is -0.187. The average molecular weight is 267 g/mol. The third kappa shape index (κ3) is 2.20. The lowest BCUT2D eigenvalue weighted by molar-refractivity contribution is -0.124. The molecule has 0 bridgehead atoms. The van der Waals surface area contributed by atoms with Crippen molar-refractivity contribution < 1.29 is 9.59 Å². The van der Waals surface area contributed by atoms with E-state index >= 15 is 0 Å². The minimum absolute atomic E-state index is 0.0918. The molecule has 18 heavy (non-hydrogen) atoms. The Hall–Kier alpha value is -1.56. The zero-order valence-corrected chi connectivity index (χ0v) is 11.3. The molecule has 0 saturated carbocycles. The maximum absolute atomic E-state index is 12.3. The molecule has 1 unspecified atom stereocenters. The molecule has 1 aliphatic heterocycles. The van der Waals surface area contributed by atoms with Crippen molar-refractivity contribution in [2.75, 3.05) is 19.3 Å². The zero-order chi connectivity index (χ0) is 13.3. The van der Waals surface area contributed by atoms with Crippen molar-refractivity contribution in [3.05, 3.63) is 15.8 Å². The molecule has 0 aromatic carbocycles. The molecule has 2 heterocycles. The Labute approximate surface area is 110 Å². The monoisotopic (exact) mass is 267 g/mol. The molecule has 0 spiro atoms. The van der Waals surface area contributed by atoms with Crippen LogP contribution in [0.3, 0.4) is 0 Å². The van der Waals surface area contributed by atoms with Gasteiger partial charge in [0.15, 0.2) is 0 Å². The van der Waals surface area contributed by atoms with Crippen LogP contribution < -0.4 is 11.1 Å². The molecule has 1 atom stereocenters. The summed E-state index contributed by atoms with van der Waals surface area (Å²) < 4.78 is 0. The number of likely N-dealkylation sites (tertiary alicyclic amines) is 1. The van der Waals surface area contributed by atoms with Gasteiger partial charge in [0.05, 0.1) is 4.88 Å². The van der Waals surface area contributed by atoms with Gasteiger partial charge in [-0.05, 0) is 25.8 Å². The van der Waals surface area contributed by atoms with Gasteiger partial charge in [-0.2, -0.15) is 0 Å². The lowest BCUT2D eigenvalue weighted by atomic mass is 10.2. The van der Waals surface area contributed by atoms with Gasteiger partial charge in [-0.1, -0.05) is 0 Å². The minimum Gasteiger partial charge on any atom is -0.398 e. The first kappa shape index (κ1) is 12.9. The topological polar surface area (TPSA) is 75.4 Å². The predicted octanol–water partition coefficient (Wildman–Crippen LogP) is 0.989. The van der Waals surface area contributed by atoms with Gasteiger partial charge in [0.25, 0.3) is 5.91 Å². The molecule has 2 amide bonds. The third-order valence-corrected chi connectivity index (χ3v) is 4.28. The third-order valence-electron chi connectivity index (χ3n) is 3.23. The van der Waals surface area contributed by atoms with Gasteiger partial charge in [-0.25, -0.2) is 0 Å². The molecule has 0 radical (unpaired) electrons. The van der Waals surface area contributed by atoms with E-state index in [0.29, 0.717) is 17.1 Å². The summed E-state index contributed by atoms with van der Waals surface area (Å²) in [6.07, 6.45) is 1.59. The predicted molar refractivity (Wildman–Crippen MR) is 71.6 cm³/mol. The number of rotatable bonds is 2. The van der Waals surface area contributed by atoms with Gasteiger partial charge >= 0.3 is 0 Å². The molecule has 98 valence electrons. The van der Waals surface area contributed by atoms with Gasteiger partial charge in [0.1, 0.15) is 6.04 Å². The van der Waals surface area contributed by atoms with Gasteiger partial charge in [0.2, 0.25) is 5.91 Å². The van der Waals surface area contributed by atoms with E-state index in [1.165, 1.54) is 11.3 Å². The van der Waals surface area contributed by atoms with Crippen LogP contribution >= 0.6 is 11.3 Å². The maximum atomic E-state index is 12.3. The van der Waals surface area contributed by atoms with Crippen molar-refractivity contribution in [3.8, 4) is 0 Å². The number of amides is 2. The highest BCUT2D eigenvalue weighted by atomic mass is 32.1. The second kappa shape index (κ2) is 4.97. The highest BCUT2D eigenvalue weighted by Gasteiger charge is 2.34. The highest BCUT2D eigenvalue weighted by molar-refractivity contribution is 7.14. The fourth-order valence-electron chi connectivity index (χ4n) is 2.19. The number of nitrogen functional groups attached to an aromatic ring is 1. The standard InChI is InChI=1S/C12H17N3O2S/c1-7-8(13)6-10(18-7)12(17)15-5-3-4-9(15)11(16)14-2/h6,9H,3-5,13H2,1-2H3,(H,14,16). The van der Waals surface area contributed by atoms with E-state index in [1.807, 2.05) is 6.92 Å². The Morgan fingerprint density at radius 2 is 2.28 bits per heavy atom. The number of nitrogens with one attached hydrogen (secondary N) is 1. The number of nitrogens with two attached hydrogens (primary N) is 1. The molecule has 0 aliphatic carbocycles. The summed E-state index contributed by atoms with van der Waals surface area (Å²) in [5.41, 5.74) is 6.40. The van der Waals surface area contributed by atoms with E-state index < -0.39 is 0 Å². The molecule has 1 aromatic rings. The van der Waals surface area contributed by atoms with Crippen LogP contribution in [0.2, 0.25) is 0 Å². The fourth-order valence-corrected chi connectivity index (χ4v) is 3.09. The molecule has 1 aliphatic rings. The maximum Gasteiger partial charge on any atom is 0.264 e. The molecule has 1 saturated heterocycles. The van der Waals surface area contributed by atoms with E-state index in [1.54, 1.807) is 18.0 Å². The van der Waals surface area contributed by atoms with E-state index in [9.17, 15) is 9.59 Å². The average Bonchev–Trinajstić information content (AvgIpc) is 2.95. The van der Waals surface area contributed by atoms with Crippen molar-refractivity contribution in [3.63, 3.8) is 0 Å². The quantitative estimate of drug-likeness (QED) is 0.839. The Kier molecular flexibility index (Phi) is 3.56. The van der Waals surface area contributed by atoms with Crippen LogP contribution in [-0.2, 0) is 4.79 Å². The first-order valence-electron chi connectivity index (χ1n) is 5.93. The number of carbonyl (C=O) groups is 2. The summed E-state index contributed by atoms with van der Waals surface area (Å²) in [6, 6.07) is 1.35. The van der Waals surface area contributed by atoms with Gasteiger partial charge in [-0.3, -0.25) is 9.59 Å². The lowest BCUT2D eigenvalue weighted by Gasteiger charge is -2.22.